The molecular formula is C42H42BCl2N. The first kappa shape index (κ1) is 31.2. The highest BCUT2D eigenvalue weighted by atomic mass is 35.5. The first-order valence-corrected chi connectivity index (χ1v) is 17.6. The number of hydrogen-bond donors (Lipinski definition) is 0. The van der Waals surface area contributed by atoms with Gasteiger partial charge in [0.25, 0.3) is 0 Å². The SMILES string of the molecule is CC(C)c1cc(C(C)C)c(B2c3ccc(Cl)cc3N(c3ccccc3)C3C2c2ccc(Cl)cc2C3c2ccccc2)c(C(C)C)c1. The highest BCUT2D eigenvalue weighted by molar-refractivity contribution is 6.88. The van der Waals surface area contributed by atoms with Crippen molar-refractivity contribution in [3.63, 3.8) is 0 Å². The van der Waals surface area contributed by atoms with Gasteiger partial charge < -0.3 is 4.90 Å². The van der Waals surface area contributed by atoms with Crippen LogP contribution in [0.1, 0.15) is 104 Å². The summed E-state index contributed by atoms with van der Waals surface area (Å²) in [4.78, 5) is 2.60. The molecule has 0 bridgehead atoms. The van der Waals surface area contributed by atoms with Gasteiger partial charge in [0.15, 0.2) is 0 Å². The second kappa shape index (κ2) is 12.3. The van der Waals surface area contributed by atoms with Crippen molar-refractivity contribution in [2.75, 3.05) is 4.90 Å². The summed E-state index contributed by atoms with van der Waals surface area (Å²) < 4.78 is 0. The standard InChI is InChI=1S/C42H42BCl2N/c1-25(2)29-21-34(26(3)4)40(35(22-29)27(5)6)43-37-20-18-31(45)24-38(37)46(32-15-11-8-12-16-32)42-39(28-13-9-7-10-14-28)36-23-30(44)17-19-33(36)41(42)43/h7-27,39,41-42H,1-6H3. The normalized spacial score (nSPS) is 18.7. The minimum absolute atomic E-state index is 0.110. The topological polar surface area (TPSA) is 3.24 Å². The Bertz CT molecular complexity index is 1850. The Labute approximate surface area is 285 Å². The van der Waals surface area contributed by atoms with E-state index in [1.165, 1.54) is 55.7 Å². The second-order valence-electron chi connectivity index (χ2n) is 14.1. The van der Waals surface area contributed by atoms with E-state index in [-0.39, 0.29) is 24.5 Å². The van der Waals surface area contributed by atoms with E-state index in [0.29, 0.717) is 17.8 Å². The molecule has 5 aromatic rings. The van der Waals surface area contributed by atoms with Crippen LogP contribution in [0.2, 0.25) is 10.0 Å². The number of hydrogen-bond acceptors (Lipinski definition) is 1. The molecular weight excluding hydrogens is 600 g/mol. The van der Waals surface area contributed by atoms with Crippen LogP contribution in [0.5, 0.6) is 0 Å². The summed E-state index contributed by atoms with van der Waals surface area (Å²) in [6, 6.07) is 40.3. The molecule has 0 spiro atoms. The summed E-state index contributed by atoms with van der Waals surface area (Å²) in [5.74, 6) is 1.52. The van der Waals surface area contributed by atoms with Crippen molar-refractivity contribution in [2.24, 2.45) is 0 Å². The monoisotopic (exact) mass is 641 g/mol. The fraction of sp³-hybridized carbons (Fsp3) is 0.286. The van der Waals surface area contributed by atoms with Gasteiger partial charge in [0.2, 0.25) is 6.71 Å². The highest BCUT2D eigenvalue weighted by Gasteiger charge is 2.55. The Hall–Kier alpha value is -3.46. The van der Waals surface area contributed by atoms with Crippen molar-refractivity contribution in [3.05, 3.63) is 153 Å². The first-order valence-electron chi connectivity index (χ1n) is 16.8. The number of nitrogens with zero attached hydrogens (tertiary/aromatic N) is 1. The van der Waals surface area contributed by atoms with Crippen LogP contribution in [0.3, 0.4) is 0 Å². The Morgan fingerprint density at radius 1 is 0.609 bits per heavy atom. The molecule has 232 valence electrons. The fourth-order valence-electron chi connectivity index (χ4n) is 8.37. The molecule has 3 atom stereocenters. The van der Waals surface area contributed by atoms with Gasteiger partial charge in [-0.3, -0.25) is 0 Å². The third-order valence-corrected chi connectivity index (χ3v) is 10.8. The molecule has 4 heteroatoms. The van der Waals surface area contributed by atoms with Crippen LogP contribution in [-0.4, -0.2) is 12.8 Å². The van der Waals surface area contributed by atoms with E-state index in [1.54, 1.807) is 0 Å². The molecule has 3 unspecified atom stereocenters. The zero-order valence-corrected chi connectivity index (χ0v) is 29.1. The van der Waals surface area contributed by atoms with Gasteiger partial charge in [0, 0.05) is 33.4 Å². The Kier molecular flexibility index (Phi) is 8.33. The maximum Gasteiger partial charge on any atom is 0.222 e. The molecule has 1 aliphatic heterocycles. The summed E-state index contributed by atoms with van der Waals surface area (Å²) >= 11 is 13.7. The molecule has 1 aliphatic carbocycles. The van der Waals surface area contributed by atoms with Crippen LogP contribution in [0, 0.1) is 0 Å². The van der Waals surface area contributed by atoms with Crippen LogP contribution in [0.25, 0.3) is 0 Å². The lowest BCUT2D eigenvalue weighted by molar-refractivity contribution is 0.599. The van der Waals surface area contributed by atoms with Crippen molar-refractivity contribution in [1.82, 2.24) is 0 Å². The van der Waals surface area contributed by atoms with Gasteiger partial charge in [-0.15, -0.1) is 0 Å². The predicted octanol–water partition coefficient (Wildman–Crippen LogP) is 11.0. The average Bonchev–Trinajstić information content (AvgIpc) is 3.37. The quantitative estimate of drug-likeness (QED) is 0.167. The molecule has 0 aromatic heterocycles. The van der Waals surface area contributed by atoms with Gasteiger partial charge in [0.1, 0.15) is 0 Å². The summed E-state index contributed by atoms with van der Waals surface area (Å²) in [5, 5.41) is 1.55. The van der Waals surface area contributed by atoms with E-state index < -0.39 is 0 Å². The lowest BCUT2D eigenvalue weighted by atomic mass is 9.28. The molecule has 2 aliphatic rings. The van der Waals surface area contributed by atoms with Crippen molar-refractivity contribution in [1.29, 1.82) is 0 Å². The summed E-state index contributed by atoms with van der Waals surface area (Å²) in [6.07, 6.45) is 0. The molecule has 1 heterocycles. The highest BCUT2D eigenvalue weighted by Crippen LogP contribution is 2.55. The van der Waals surface area contributed by atoms with Gasteiger partial charge in [-0.05, 0) is 93.3 Å². The molecule has 0 saturated heterocycles. The number of halogens is 2. The van der Waals surface area contributed by atoms with E-state index in [2.05, 4.69) is 156 Å². The Balaban J connectivity index is 1.62. The van der Waals surface area contributed by atoms with E-state index in [9.17, 15) is 0 Å². The largest absolute Gasteiger partial charge is 0.338 e. The van der Waals surface area contributed by atoms with Crippen LogP contribution < -0.4 is 15.8 Å². The van der Waals surface area contributed by atoms with Gasteiger partial charge in [0.05, 0.1) is 0 Å². The van der Waals surface area contributed by atoms with E-state index in [4.69, 9.17) is 23.2 Å². The average molecular weight is 643 g/mol. The van der Waals surface area contributed by atoms with E-state index in [0.717, 1.165) is 10.0 Å². The van der Waals surface area contributed by atoms with Crippen molar-refractivity contribution >= 4 is 52.2 Å². The molecule has 0 radical (unpaired) electrons. The maximum absolute atomic E-state index is 6.90. The molecule has 0 amide bonds. The lowest BCUT2D eigenvalue weighted by Crippen LogP contribution is -2.61. The van der Waals surface area contributed by atoms with Crippen LogP contribution in [0.4, 0.5) is 11.4 Å². The third kappa shape index (κ3) is 5.19. The number of anilines is 2. The summed E-state index contributed by atoms with van der Waals surface area (Å²) in [6.45, 7) is 14.2. The van der Waals surface area contributed by atoms with Crippen LogP contribution in [-0.2, 0) is 0 Å². The molecule has 0 saturated carbocycles. The first-order chi connectivity index (χ1) is 22.2. The zero-order valence-electron chi connectivity index (χ0n) is 27.6. The van der Waals surface area contributed by atoms with Crippen molar-refractivity contribution in [2.45, 2.75) is 77.1 Å². The summed E-state index contributed by atoms with van der Waals surface area (Å²) in [7, 11) is 0. The Morgan fingerprint density at radius 3 is 1.80 bits per heavy atom. The molecule has 1 nitrogen and oxygen atoms in total. The minimum atomic E-state index is 0.110. The van der Waals surface area contributed by atoms with Gasteiger partial charge >= 0.3 is 0 Å². The number of benzene rings is 5. The minimum Gasteiger partial charge on any atom is -0.338 e. The maximum atomic E-state index is 6.90. The van der Waals surface area contributed by atoms with Crippen LogP contribution >= 0.6 is 23.2 Å². The lowest BCUT2D eigenvalue weighted by Gasteiger charge is -2.47. The number of para-hydroxylation sites is 1. The van der Waals surface area contributed by atoms with Gasteiger partial charge in [-0.25, -0.2) is 0 Å². The molecule has 5 aromatic carbocycles. The van der Waals surface area contributed by atoms with Gasteiger partial charge in [-0.2, -0.15) is 0 Å². The second-order valence-corrected chi connectivity index (χ2v) is 15.0. The van der Waals surface area contributed by atoms with E-state index in [1.807, 2.05) is 0 Å². The molecule has 0 fully saturated rings. The Morgan fingerprint density at radius 2 is 1.20 bits per heavy atom. The smallest absolute Gasteiger partial charge is 0.222 e. The number of rotatable bonds is 6. The summed E-state index contributed by atoms with van der Waals surface area (Å²) in [5.41, 5.74) is 13.6. The van der Waals surface area contributed by atoms with Gasteiger partial charge in [-0.1, -0.05) is 148 Å². The number of fused-ring (bicyclic) bond motifs is 4. The molecule has 46 heavy (non-hydrogen) atoms. The van der Waals surface area contributed by atoms with Crippen molar-refractivity contribution in [3.8, 4) is 0 Å². The fourth-order valence-corrected chi connectivity index (χ4v) is 8.71. The molecule has 0 N–H and O–H groups in total. The molecule has 7 rings (SSSR count). The van der Waals surface area contributed by atoms with Crippen molar-refractivity contribution < 1.29 is 0 Å². The third-order valence-electron chi connectivity index (χ3n) is 10.4. The zero-order chi connectivity index (χ0) is 32.3. The van der Waals surface area contributed by atoms with E-state index >= 15 is 0 Å². The predicted molar refractivity (Wildman–Crippen MR) is 200 cm³/mol. The van der Waals surface area contributed by atoms with Crippen LogP contribution in [0.15, 0.2) is 109 Å².